The predicted molar refractivity (Wildman–Crippen MR) is 141 cm³/mol. The van der Waals surface area contributed by atoms with Gasteiger partial charge in [-0.1, -0.05) is 92.1 Å². The van der Waals surface area contributed by atoms with Gasteiger partial charge in [0.25, 0.3) is 0 Å². The molecule has 5 nitrogen and oxygen atoms in total. The number of ether oxygens (including phenoxy) is 2. The minimum atomic E-state index is -0.454. The summed E-state index contributed by atoms with van der Waals surface area (Å²) in [5.74, 6) is -0.455. The molecule has 1 aliphatic heterocycles. The number of aliphatic hydroxyl groups is 1. The van der Waals surface area contributed by atoms with E-state index in [0.717, 1.165) is 48.8 Å². The smallest absolute Gasteiger partial charge is 0.331 e. The summed E-state index contributed by atoms with van der Waals surface area (Å²) in [6, 6.07) is 19.6. The number of rotatable bonds is 13. The van der Waals surface area contributed by atoms with E-state index in [-0.39, 0.29) is 30.6 Å². The van der Waals surface area contributed by atoms with Gasteiger partial charge in [0.05, 0.1) is 6.61 Å². The van der Waals surface area contributed by atoms with Gasteiger partial charge >= 0.3 is 11.9 Å². The van der Waals surface area contributed by atoms with Crippen LogP contribution < -0.4 is 0 Å². The van der Waals surface area contributed by atoms with E-state index in [1.54, 1.807) is 6.08 Å². The Balaban J connectivity index is 1.48. The van der Waals surface area contributed by atoms with Crippen molar-refractivity contribution in [1.82, 2.24) is 0 Å². The molecule has 0 amide bonds. The zero-order chi connectivity index (χ0) is 25.9. The van der Waals surface area contributed by atoms with Crippen LogP contribution in [-0.4, -0.2) is 29.8 Å². The summed E-state index contributed by atoms with van der Waals surface area (Å²) in [6.07, 6.45) is 7.93. The second-order valence-electron chi connectivity index (χ2n) is 9.88. The second-order valence-corrected chi connectivity index (χ2v) is 9.88. The van der Waals surface area contributed by atoms with Crippen LogP contribution in [0.3, 0.4) is 0 Å². The number of cyclic esters (lactones) is 1. The van der Waals surface area contributed by atoms with E-state index < -0.39 is 6.10 Å². The van der Waals surface area contributed by atoms with Crippen LogP contribution in [0.15, 0.2) is 84.0 Å². The number of esters is 2. The van der Waals surface area contributed by atoms with Crippen molar-refractivity contribution in [2.45, 2.75) is 65.1 Å². The highest BCUT2D eigenvalue weighted by molar-refractivity contribution is 5.83. The van der Waals surface area contributed by atoms with Gasteiger partial charge in [-0.3, -0.25) is 4.79 Å². The molecular formula is C31H38O5. The Kier molecular flexibility index (Phi) is 10.5. The molecule has 36 heavy (non-hydrogen) atoms. The zero-order valence-electron chi connectivity index (χ0n) is 21.6. The van der Waals surface area contributed by atoms with Crippen LogP contribution in [0, 0.1) is 11.8 Å². The van der Waals surface area contributed by atoms with Crippen molar-refractivity contribution >= 4 is 11.9 Å². The Bertz CT molecular complexity index is 1000. The number of allylic oxidation sites excluding steroid dienone is 3. The molecule has 3 atom stereocenters. The lowest BCUT2D eigenvalue weighted by atomic mass is 9.91. The van der Waals surface area contributed by atoms with Gasteiger partial charge in [-0.2, -0.15) is 0 Å². The van der Waals surface area contributed by atoms with Gasteiger partial charge in [0.15, 0.2) is 6.10 Å². The molecule has 0 aliphatic carbocycles. The van der Waals surface area contributed by atoms with Crippen LogP contribution >= 0.6 is 0 Å². The summed E-state index contributed by atoms with van der Waals surface area (Å²) in [6.45, 7) is 6.13. The quantitative estimate of drug-likeness (QED) is 0.154. The summed E-state index contributed by atoms with van der Waals surface area (Å²) < 4.78 is 11.0. The van der Waals surface area contributed by atoms with Gasteiger partial charge in [0.1, 0.15) is 12.0 Å². The van der Waals surface area contributed by atoms with Gasteiger partial charge in [0.2, 0.25) is 0 Å². The lowest BCUT2D eigenvalue weighted by Crippen LogP contribution is -2.47. The number of aliphatic hydroxyl groups excluding tert-OH is 1. The highest BCUT2D eigenvalue weighted by Crippen LogP contribution is 2.28. The molecule has 0 saturated carbocycles. The van der Waals surface area contributed by atoms with E-state index in [2.05, 4.69) is 19.9 Å². The third kappa shape index (κ3) is 8.20. The van der Waals surface area contributed by atoms with Gasteiger partial charge in [-0.15, -0.1) is 0 Å². The average molecular weight is 491 g/mol. The normalized spacial score (nSPS) is 19.0. The molecule has 1 fully saturated rings. The molecule has 3 rings (SSSR count). The zero-order valence-corrected chi connectivity index (χ0v) is 21.6. The van der Waals surface area contributed by atoms with Crippen molar-refractivity contribution in [2.24, 2.45) is 11.8 Å². The molecule has 0 spiro atoms. The fraction of sp³-hybridized carbons (Fsp3) is 0.419. The Morgan fingerprint density at radius 2 is 1.61 bits per heavy atom. The first-order valence-corrected chi connectivity index (χ1v) is 12.8. The van der Waals surface area contributed by atoms with E-state index in [0.29, 0.717) is 5.92 Å². The third-order valence-corrected chi connectivity index (χ3v) is 6.58. The highest BCUT2D eigenvalue weighted by atomic mass is 16.6. The Hall–Kier alpha value is -3.18. The standard InChI is InChI=1S/C31H38O5/c1-22(12-10-11-17-28-27(21-32)31(34)35-28)18-23(2)19-24(3)20-29(33)36-30(25-13-6-4-7-14-25)26-15-8-5-9-16-26/h4-9,13-16,19-20,22,27-28,30,32H,10-12,17-18,21H2,1-3H3. The largest absolute Gasteiger partial charge is 0.461 e. The van der Waals surface area contributed by atoms with E-state index in [9.17, 15) is 14.7 Å². The van der Waals surface area contributed by atoms with Gasteiger partial charge < -0.3 is 14.6 Å². The average Bonchev–Trinajstić information content (AvgIpc) is 2.85. The summed E-state index contributed by atoms with van der Waals surface area (Å²) in [5.41, 5.74) is 3.96. The SMILES string of the molecule is CC(=CC(=O)OC(c1ccccc1)c1ccccc1)C=C(C)CC(C)CCCCC1OC(=O)C1CO. The third-order valence-electron chi connectivity index (χ3n) is 6.58. The van der Waals surface area contributed by atoms with Crippen molar-refractivity contribution < 1.29 is 24.2 Å². The first-order valence-electron chi connectivity index (χ1n) is 12.8. The maximum atomic E-state index is 12.8. The maximum Gasteiger partial charge on any atom is 0.331 e. The van der Waals surface area contributed by atoms with Crippen LogP contribution in [0.1, 0.15) is 70.1 Å². The van der Waals surface area contributed by atoms with E-state index >= 15 is 0 Å². The van der Waals surface area contributed by atoms with Gasteiger partial charge in [-0.05, 0) is 55.7 Å². The van der Waals surface area contributed by atoms with Crippen molar-refractivity contribution in [3.8, 4) is 0 Å². The highest BCUT2D eigenvalue weighted by Gasteiger charge is 2.41. The number of unbranched alkanes of at least 4 members (excludes halogenated alkanes) is 1. The Morgan fingerprint density at radius 1 is 1.00 bits per heavy atom. The minimum Gasteiger partial charge on any atom is -0.461 e. The van der Waals surface area contributed by atoms with Crippen LogP contribution in [0.25, 0.3) is 0 Å². The Labute approximate surface area is 214 Å². The molecule has 0 aromatic heterocycles. The summed E-state index contributed by atoms with van der Waals surface area (Å²) in [5, 5.41) is 9.20. The van der Waals surface area contributed by atoms with Gasteiger partial charge in [-0.25, -0.2) is 4.79 Å². The van der Waals surface area contributed by atoms with E-state index in [4.69, 9.17) is 9.47 Å². The first-order chi connectivity index (χ1) is 17.4. The van der Waals surface area contributed by atoms with E-state index in [1.807, 2.05) is 67.6 Å². The Morgan fingerprint density at radius 3 is 2.17 bits per heavy atom. The number of carbonyl (C=O) groups is 2. The summed E-state index contributed by atoms with van der Waals surface area (Å²) in [7, 11) is 0. The number of carbonyl (C=O) groups excluding carboxylic acids is 2. The predicted octanol–water partition coefficient (Wildman–Crippen LogP) is 6.33. The summed E-state index contributed by atoms with van der Waals surface area (Å²) >= 11 is 0. The molecule has 0 bridgehead atoms. The molecular weight excluding hydrogens is 452 g/mol. The molecule has 1 saturated heterocycles. The topological polar surface area (TPSA) is 72.8 Å². The van der Waals surface area contributed by atoms with Crippen LogP contribution in [-0.2, 0) is 19.1 Å². The van der Waals surface area contributed by atoms with Crippen molar-refractivity contribution in [1.29, 1.82) is 0 Å². The van der Waals surface area contributed by atoms with E-state index in [1.165, 1.54) is 5.57 Å². The van der Waals surface area contributed by atoms with Crippen LogP contribution in [0.4, 0.5) is 0 Å². The van der Waals surface area contributed by atoms with Crippen LogP contribution in [0.2, 0.25) is 0 Å². The van der Waals surface area contributed by atoms with Crippen molar-refractivity contribution in [3.05, 3.63) is 95.1 Å². The molecule has 0 radical (unpaired) electrons. The molecule has 192 valence electrons. The maximum absolute atomic E-state index is 12.8. The number of hydrogen-bond donors (Lipinski definition) is 1. The molecule has 1 aliphatic rings. The number of hydrogen-bond acceptors (Lipinski definition) is 5. The second kappa shape index (κ2) is 13.8. The van der Waals surface area contributed by atoms with Gasteiger partial charge in [0, 0.05) is 6.08 Å². The molecule has 2 aromatic carbocycles. The molecule has 1 heterocycles. The number of benzene rings is 2. The van der Waals surface area contributed by atoms with Crippen LogP contribution in [0.5, 0.6) is 0 Å². The molecule has 3 unspecified atom stereocenters. The lowest BCUT2D eigenvalue weighted by Gasteiger charge is -2.33. The van der Waals surface area contributed by atoms with Crippen molar-refractivity contribution in [3.63, 3.8) is 0 Å². The first kappa shape index (κ1) is 27.4. The molecule has 1 N–H and O–H groups in total. The summed E-state index contributed by atoms with van der Waals surface area (Å²) in [4.78, 5) is 24.0. The molecule has 5 heteroatoms. The van der Waals surface area contributed by atoms with Crippen molar-refractivity contribution in [2.75, 3.05) is 6.61 Å². The molecule has 2 aromatic rings. The monoisotopic (exact) mass is 490 g/mol. The fourth-order valence-corrected chi connectivity index (χ4v) is 4.75. The minimum absolute atomic E-state index is 0.115. The fourth-order valence-electron chi connectivity index (χ4n) is 4.75. The lowest BCUT2D eigenvalue weighted by molar-refractivity contribution is -0.189.